The molecule has 3 N–H and O–H groups in total. The van der Waals surface area contributed by atoms with Crippen LogP contribution in [0.15, 0.2) is 66.3 Å². The van der Waals surface area contributed by atoms with Gasteiger partial charge in [-0.25, -0.2) is 22.0 Å². The van der Waals surface area contributed by atoms with Crippen molar-refractivity contribution in [2.24, 2.45) is 0 Å². The summed E-state index contributed by atoms with van der Waals surface area (Å²) in [6.45, 7) is -0.0910. The van der Waals surface area contributed by atoms with Crippen LogP contribution >= 0.6 is 22.9 Å². The quantitative estimate of drug-likeness (QED) is 0.165. The topological polar surface area (TPSA) is 125 Å². The lowest BCUT2D eigenvalue weighted by Gasteiger charge is -2.41. The van der Waals surface area contributed by atoms with Crippen molar-refractivity contribution < 1.29 is 36.6 Å². The summed E-state index contributed by atoms with van der Waals surface area (Å²) in [5.74, 6) is -3.68. The summed E-state index contributed by atoms with van der Waals surface area (Å²) in [6.07, 6.45) is 5.08. The Labute approximate surface area is 274 Å². The summed E-state index contributed by atoms with van der Waals surface area (Å²) in [4.78, 5) is 25.1. The van der Waals surface area contributed by atoms with Gasteiger partial charge in [-0.05, 0) is 78.6 Å². The van der Waals surface area contributed by atoms with E-state index >= 15 is 4.39 Å². The van der Waals surface area contributed by atoms with Gasteiger partial charge in [-0.3, -0.25) is 9.52 Å². The average Bonchev–Trinajstić information content (AvgIpc) is 3.46. The number of carbonyl (C=O) groups is 2. The Morgan fingerprint density at radius 2 is 1.80 bits per heavy atom. The molecule has 1 aromatic heterocycles. The van der Waals surface area contributed by atoms with Crippen LogP contribution in [0.5, 0.6) is 0 Å². The number of alkyl halides is 2. The first-order valence-electron chi connectivity index (χ1n) is 14.5. The number of ketones is 1. The first-order chi connectivity index (χ1) is 21.6. The van der Waals surface area contributed by atoms with Gasteiger partial charge in [0.1, 0.15) is 10.7 Å². The number of carbonyl (C=O) groups excluding carboxylic acids is 1. The highest BCUT2D eigenvalue weighted by molar-refractivity contribution is 7.92. The van der Waals surface area contributed by atoms with Gasteiger partial charge >= 0.3 is 6.09 Å². The molecule has 9 nitrogen and oxygen atoms in total. The number of fused-ring (bicyclic) bond motifs is 1. The molecule has 1 saturated carbocycles. The van der Waals surface area contributed by atoms with E-state index in [1.165, 1.54) is 29.2 Å². The third-order valence-corrected chi connectivity index (χ3v) is 10.8. The Bertz CT molecular complexity index is 1820. The molecule has 1 amide bonds. The number of rotatable bonds is 10. The summed E-state index contributed by atoms with van der Waals surface area (Å²) in [5, 5.41) is 13.2. The lowest BCUT2D eigenvalue weighted by Crippen LogP contribution is -2.55. The van der Waals surface area contributed by atoms with Crippen LogP contribution in [0.3, 0.4) is 0 Å². The van der Waals surface area contributed by atoms with Gasteiger partial charge in [0.25, 0.3) is 5.85 Å². The maximum Gasteiger partial charge on any atom is 0.407 e. The van der Waals surface area contributed by atoms with Gasteiger partial charge in [0.15, 0.2) is 0 Å². The summed E-state index contributed by atoms with van der Waals surface area (Å²) in [5.41, 5.74) is 1.00. The van der Waals surface area contributed by atoms with Crippen LogP contribution in [-0.4, -0.2) is 80.1 Å². The van der Waals surface area contributed by atoms with Gasteiger partial charge < -0.3 is 20.1 Å². The molecule has 1 heterocycles. The number of hydrogen-bond donors (Lipinski definition) is 3. The number of methoxy groups -OCH3 is 1. The van der Waals surface area contributed by atoms with Gasteiger partial charge in [-0.2, -0.15) is 0 Å². The Balaban J connectivity index is 1.49. The van der Waals surface area contributed by atoms with Gasteiger partial charge in [0, 0.05) is 44.0 Å². The van der Waals surface area contributed by atoms with E-state index in [-0.39, 0.29) is 29.1 Å². The van der Waals surface area contributed by atoms with E-state index in [0.717, 1.165) is 30.8 Å². The molecule has 1 fully saturated rings. The van der Waals surface area contributed by atoms with E-state index in [1.807, 2.05) is 0 Å². The van der Waals surface area contributed by atoms with Crippen LogP contribution in [0.25, 0.3) is 15.7 Å². The largest absolute Gasteiger partial charge is 0.465 e. The number of sulfonamides is 1. The highest BCUT2D eigenvalue weighted by atomic mass is 35.5. The van der Waals surface area contributed by atoms with E-state index in [2.05, 4.69) is 10.0 Å². The van der Waals surface area contributed by atoms with Gasteiger partial charge in [0.05, 0.1) is 15.8 Å². The smallest absolute Gasteiger partial charge is 0.407 e. The third kappa shape index (κ3) is 6.98. The van der Waals surface area contributed by atoms with E-state index in [4.69, 9.17) is 16.3 Å². The second-order valence-electron chi connectivity index (χ2n) is 11.7. The number of allylic oxidation sites excluding steroid dienone is 2. The van der Waals surface area contributed by atoms with Crippen LogP contribution in [-0.2, 0) is 14.8 Å². The Morgan fingerprint density at radius 3 is 2.39 bits per heavy atom. The fourth-order valence-corrected chi connectivity index (χ4v) is 7.84. The molecule has 46 heavy (non-hydrogen) atoms. The van der Waals surface area contributed by atoms with Crippen LogP contribution in [0.4, 0.5) is 19.3 Å². The molecule has 2 aromatic carbocycles. The predicted octanol–water partition coefficient (Wildman–Crippen LogP) is 6.42. The zero-order valence-corrected chi connectivity index (χ0v) is 27.7. The van der Waals surface area contributed by atoms with Crippen LogP contribution in [0.2, 0.25) is 0 Å². The number of ether oxygens (including phenoxy) is 1. The fourth-order valence-electron chi connectivity index (χ4n) is 5.94. The number of nitrogens with zero attached hydrogens (tertiary/aromatic N) is 1. The molecule has 246 valence electrons. The van der Waals surface area contributed by atoms with Crippen molar-refractivity contribution in [3.05, 3.63) is 82.5 Å². The molecule has 5 rings (SSSR count). The number of amides is 1. The Hall–Kier alpha value is -3.36. The fraction of sp³-hybridized carbons (Fsp3) is 0.375. The minimum Gasteiger partial charge on any atom is -0.465 e. The number of carboxylic acid groups (broad SMARTS) is 1. The Morgan fingerprint density at radius 1 is 1.13 bits per heavy atom. The minimum atomic E-state index is -3.55. The van der Waals surface area contributed by atoms with Crippen LogP contribution in [0.1, 0.15) is 40.9 Å². The molecule has 3 aromatic rings. The molecular weight excluding hydrogens is 660 g/mol. The number of halogens is 3. The van der Waals surface area contributed by atoms with Gasteiger partial charge in [0.2, 0.25) is 15.8 Å². The maximum atomic E-state index is 16.8. The third-order valence-electron chi connectivity index (χ3n) is 8.51. The number of thiophene rings is 1. The van der Waals surface area contributed by atoms with Gasteiger partial charge in [-0.15, -0.1) is 22.9 Å². The molecule has 0 saturated heterocycles. The molecule has 0 spiro atoms. The van der Waals surface area contributed by atoms with E-state index < -0.39 is 38.4 Å². The molecule has 2 aliphatic carbocycles. The van der Waals surface area contributed by atoms with Crippen molar-refractivity contribution in [2.75, 3.05) is 31.7 Å². The average molecular weight is 694 g/mol. The first kappa shape index (κ1) is 34.0. The van der Waals surface area contributed by atoms with E-state index in [9.17, 15) is 27.5 Å². The minimum absolute atomic E-state index is 0.0476. The zero-order chi connectivity index (χ0) is 33.4. The number of nitrogens with one attached hydrogen (secondary N) is 2. The molecule has 2 unspecified atom stereocenters. The molecule has 0 bridgehead atoms. The van der Waals surface area contributed by atoms with E-state index in [0.29, 0.717) is 52.6 Å². The van der Waals surface area contributed by atoms with Crippen molar-refractivity contribution in [3.63, 3.8) is 0 Å². The summed E-state index contributed by atoms with van der Waals surface area (Å²) in [7, 11) is -0.847. The summed E-state index contributed by atoms with van der Waals surface area (Å²) >= 11 is 8.02. The molecular formula is C32H34ClF2N3O6S2. The SMILES string of the molecule is COC1(F)C=C(C(=O)c2cc3cccc(F)c3s2)C(c2ccc(NS(C)(=O)=O)cc2)=CC1(Cl)CNC1CCC(N(C)C(=O)O)CC1. The van der Waals surface area contributed by atoms with Crippen LogP contribution < -0.4 is 10.0 Å². The van der Waals surface area contributed by atoms with Crippen molar-refractivity contribution in [3.8, 4) is 0 Å². The van der Waals surface area contributed by atoms with Crippen molar-refractivity contribution in [2.45, 2.75) is 48.5 Å². The lowest BCUT2D eigenvalue weighted by molar-refractivity contribution is -0.100. The van der Waals surface area contributed by atoms with E-state index in [1.54, 1.807) is 37.4 Å². The van der Waals surface area contributed by atoms with Crippen molar-refractivity contribution >= 4 is 66.2 Å². The number of benzene rings is 2. The zero-order valence-electron chi connectivity index (χ0n) is 25.3. The molecule has 2 atom stereocenters. The molecule has 2 aliphatic rings. The van der Waals surface area contributed by atoms with Gasteiger partial charge in [-0.1, -0.05) is 24.3 Å². The summed E-state index contributed by atoms with van der Waals surface area (Å²) < 4.78 is 62.8. The normalized spacial score (nSPS) is 25.1. The molecule has 0 aliphatic heterocycles. The first-order valence-corrected chi connectivity index (χ1v) is 17.6. The number of hydrogen-bond acceptors (Lipinski definition) is 7. The highest BCUT2D eigenvalue weighted by Gasteiger charge is 2.53. The molecule has 0 radical (unpaired) electrons. The predicted molar refractivity (Wildman–Crippen MR) is 176 cm³/mol. The molecule has 14 heteroatoms. The summed E-state index contributed by atoms with van der Waals surface area (Å²) in [6, 6.07) is 12.1. The second-order valence-corrected chi connectivity index (χ2v) is 15.1. The monoisotopic (exact) mass is 693 g/mol. The maximum absolute atomic E-state index is 16.8. The number of anilines is 1. The highest BCUT2D eigenvalue weighted by Crippen LogP contribution is 2.47. The Kier molecular flexibility index (Phi) is 9.63. The van der Waals surface area contributed by atoms with Crippen LogP contribution in [0, 0.1) is 5.82 Å². The van der Waals surface area contributed by atoms with Crippen molar-refractivity contribution in [1.82, 2.24) is 10.2 Å². The van der Waals surface area contributed by atoms with Crippen molar-refractivity contribution in [1.29, 1.82) is 0 Å². The standard InChI is InChI=1S/C32H34ClF2N3O6S2/c1-38(30(40)41)23-13-11-21(12-14-23)36-18-31(33)16-24(19-7-9-22(10-8-19)37-46(3,42)43)25(17-32(31,35)44-2)28(39)27-15-20-5-4-6-26(34)29(20)45-27/h4-10,15-17,21,23,36-37H,11-14,18H2,1-3H3,(H,40,41). The second kappa shape index (κ2) is 13.0. The lowest BCUT2D eigenvalue weighted by atomic mass is 9.80. The number of Topliss-reactive ketones (excluding diaryl/α,β-unsaturated/α-hetero) is 1.